The SMILES string of the molecule is COc1ccccc1[C@H]1NC(=O)c2c(-c3ccccc3)csc2N1. The van der Waals surface area contributed by atoms with Crippen LogP contribution in [0.15, 0.2) is 60.0 Å². The molecule has 0 spiro atoms. The van der Waals surface area contributed by atoms with Crippen LogP contribution in [-0.4, -0.2) is 13.0 Å². The molecule has 0 saturated carbocycles. The Hall–Kier alpha value is -2.79. The first-order chi connectivity index (χ1) is 11.8. The number of hydrogen-bond acceptors (Lipinski definition) is 4. The Morgan fingerprint density at radius 3 is 2.54 bits per heavy atom. The highest BCUT2D eigenvalue weighted by Crippen LogP contribution is 2.40. The molecule has 0 saturated heterocycles. The van der Waals surface area contributed by atoms with E-state index in [1.165, 1.54) is 0 Å². The average Bonchev–Trinajstić information content (AvgIpc) is 3.07. The van der Waals surface area contributed by atoms with Gasteiger partial charge in [0.2, 0.25) is 0 Å². The summed E-state index contributed by atoms with van der Waals surface area (Å²) >= 11 is 1.55. The Bertz CT molecular complexity index is 889. The third-order valence-electron chi connectivity index (χ3n) is 4.10. The zero-order chi connectivity index (χ0) is 16.5. The summed E-state index contributed by atoms with van der Waals surface area (Å²) in [7, 11) is 1.63. The van der Waals surface area contributed by atoms with Gasteiger partial charge in [-0.05, 0) is 11.6 Å². The van der Waals surface area contributed by atoms with Crippen molar-refractivity contribution in [2.45, 2.75) is 6.17 Å². The lowest BCUT2D eigenvalue weighted by Gasteiger charge is -2.27. The third-order valence-corrected chi connectivity index (χ3v) is 5.01. The van der Waals surface area contributed by atoms with Crippen LogP contribution in [0.2, 0.25) is 0 Å². The second kappa shape index (κ2) is 6.02. The number of anilines is 1. The molecule has 0 unspecified atom stereocenters. The van der Waals surface area contributed by atoms with Gasteiger partial charge < -0.3 is 15.4 Å². The van der Waals surface area contributed by atoms with Gasteiger partial charge in [-0.15, -0.1) is 11.3 Å². The van der Waals surface area contributed by atoms with E-state index in [0.29, 0.717) is 5.56 Å². The number of hydrogen-bond donors (Lipinski definition) is 2. The maximum absolute atomic E-state index is 12.7. The molecular formula is C19H16N2O2S. The molecule has 3 aromatic rings. The van der Waals surface area contributed by atoms with Crippen molar-refractivity contribution < 1.29 is 9.53 Å². The number of thiophene rings is 1. The van der Waals surface area contributed by atoms with E-state index in [4.69, 9.17) is 4.74 Å². The smallest absolute Gasteiger partial charge is 0.256 e. The van der Waals surface area contributed by atoms with E-state index in [-0.39, 0.29) is 12.1 Å². The number of methoxy groups -OCH3 is 1. The first kappa shape index (κ1) is 14.8. The molecule has 2 N–H and O–H groups in total. The molecule has 0 fully saturated rings. The third kappa shape index (κ3) is 2.43. The van der Waals surface area contributed by atoms with Crippen molar-refractivity contribution >= 4 is 22.2 Å². The fraction of sp³-hybridized carbons (Fsp3) is 0.105. The average molecular weight is 336 g/mol. The summed E-state index contributed by atoms with van der Waals surface area (Å²) < 4.78 is 5.41. The molecule has 5 heteroatoms. The molecule has 4 rings (SSSR count). The Morgan fingerprint density at radius 2 is 1.75 bits per heavy atom. The number of carbonyl (C=O) groups is 1. The van der Waals surface area contributed by atoms with Crippen LogP contribution in [0.25, 0.3) is 11.1 Å². The highest BCUT2D eigenvalue weighted by atomic mass is 32.1. The lowest BCUT2D eigenvalue weighted by atomic mass is 10.0. The van der Waals surface area contributed by atoms with E-state index < -0.39 is 0 Å². The standard InChI is InChI=1S/C19H16N2O2S/c1-23-15-10-6-5-9-13(15)17-20-18(22)16-14(11-24-19(16)21-17)12-7-3-2-4-8-12/h2-11,17,21H,1H3,(H,20,22)/t17-/m0/s1. The van der Waals surface area contributed by atoms with Gasteiger partial charge in [-0.2, -0.15) is 0 Å². The summed E-state index contributed by atoms with van der Waals surface area (Å²) in [6.45, 7) is 0. The van der Waals surface area contributed by atoms with Crippen LogP contribution in [0.3, 0.4) is 0 Å². The lowest BCUT2D eigenvalue weighted by molar-refractivity contribution is 0.0936. The fourth-order valence-corrected chi connectivity index (χ4v) is 3.95. The van der Waals surface area contributed by atoms with Crippen LogP contribution in [0.1, 0.15) is 22.1 Å². The van der Waals surface area contributed by atoms with Crippen molar-refractivity contribution in [1.29, 1.82) is 0 Å². The van der Waals surface area contributed by atoms with E-state index in [9.17, 15) is 4.79 Å². The molecule has 24 heavy (non-hydrogen) atoms. The van der Waals surface area contributed by atoms with Crippen molar-refractivity contribution in [1.82, 2.24) is 5.32 Å². The first-order valence-corrected chi connectivity index (χ1v) is 8.53. The summed E-state index contributed by atoms with van der Waals surface area (Å²) in [5.41, 5.74) is 3.62. The van der Waals surface area contributed by atoms with Crippen LogP contribution in [0, 0.1) is 0 Å². The van der Waals surface area contributed by atoms with Crippen molar-refractivity contribution in [2.24, 2.45) is 0 Å². The van der Waals surface area contributed by atoms with Crippen LogP contribution in [0.5, 0.6) is 5.75 Å². The number of ether oxygens (including phenoxy) is 1. The number of carbonyl (C=O) groups excluding carboxylic acids is 1. The van der Waals surface area contributed by atoms with Crippen molar-refractivity contribution in [3.63, 3.8) is 0 Å². The Labute approximate surface area is 144 Å². The number of amides is 1. The van der Waals surface area contributed by atoms with Crippen molar-refractivity contribution in [3.8, 4) is 16.9 Å². The molecule has 0 bridgehead atoms. The Kier molecular flexibility index (Phi) is 3.70. The van der Waals surface area contributed by atoms with E-state index >= 15 is 0 Å². The first-order valence-electron chi connectivity index (χ1n) is 7.65. The second-order valence-corrected chi connectivity index (χ2v) is 6.39. The van der Waals surface area contributed by atoms with Crippen LogP contribution < -0.4 is 15.4 Å². The number of para-hydroxylation sites is 1. The van der Waals surface area contributed by atoms with Gasteiger partial charge in [0.05, 0.1) is 12.7 Å². The number of benzene rings is 2. The summed E-state index contributed by atoms with van der Waals surface area (Å²) in [5, 5.41) is 9.36. The van der Waals surface area contributed by atoms with Gasteiger partial charge in [0.15, 0.2) is 0 Å². The van der Waals surface area contributed by atoms with Gasteiger partial charge >= 0.3 is 0 Å². The zero-order valence-electron chi connectivity index (χ0n) is 13.1. The minimum Gasteiger partial charge on any atom is -0.496 e. The number of rotatable bonds is 3. The van der Waals surface area contributed by atoms with E-state index in [1.54, 1.807) is 18.4 Å². The minimum absolute atomic E-state index is 0.0697. The topological polar surface area (TPSA) is 50.4 Å². The highest BCUT2D eigenvalue weighted by Gasteiger charge is 2.30. The Balaban J connectivity index is 1.72. The van der Waals surface area contributed by atoms with E-state index in [2.05, 4.69) is 10.6 Å². The van der Waals surface area contributed by atoms with Crippen LogP contribution in [-0.2, 0) is 0 Å². The van der Waals surface area contributed by atoms with Gasteiger partial charge in [0.1, 0.15) is 16.9 Å². The van der Waals surface area contributed by atoms with E-state index in [1.807, 2.05) is 60.0 Å². The predicted octanol–water partition coefficient (Wildman–Crippen LogP) is 4.28. The summed E-state index contributed by atoms with van der Waals surface area (Å²) in [4.78, 5) is 12.7. The molecule has 1 aliphatic rings. The molecular weight excluding hydrogens is 320 g/mol. The molecule has 1 aliphatic heterocycles. The molecule has 0 aliphatic carbocycles. The van der Waals surface area contributed by atoms with Crippen LogP contribution in [0.4, 0.5) is 5.00 Å². The summed E-state index contributed by atoms with van der Waals surface area (Å²) in [5.74, 6) is 0.679. The fourth-order valence-electron chi connectivity index (χ4n) is 2.95. The van der Waals surface area contributed by atoms with Crippen LogP contribution >= 0.6 is 11.3 Å². The normalized spacial score (nSPS) is 16.0. The molecule has 2 heterocycles. The maximum atomic E-state index is 12.7. The molecule has 120 valence electrons. The Morgan fingerprint density at radius 1 is 1.00 bits per heavy atom. The molecule has 0 radical (unpaired) electrons. The lowest BCUT2D eigenvalue weighted by Crippen LogP contribution is -2.38. The monoisotopic (exact) mass is 336 g/mol. The predicted molar refractivity (Wildman–Crippen MR) is 96.6 cm³/mol. The molecule has 2 aromatic carbocycles. The quantitative estimate of drug-likeness (QED) is 0.751. The van der Waals surface area contributed by atoms with Crippen molar-refractivity contribution in [3.05, 3.63) is 71.1 Å². The largest absolute Gasteiger partial charge is 0.496 e. The summed E-state index contributed by atoms with van der Waals surface area (Å²) in [6.07, 6.45) is -0.302. The molecule has 1 aromatic heterocycles. The number of fused-ring (bicyclic) bond motifs is 1. The van der Waals surface area contributed by atoms with Gasteiger partial charge in [-0.3, -0.25) is 4.79 Å². The van der Waals surface area contributed by atoms with Gasteiger partial charge in [0.25, 0.3) is 5.91 Å². The summed E-state index contributed by atoms with van der Waals surface area (Å²) in [6, 6.07) is 17.6. The maximum Gasteiger partial charge on any atom is 0.256 e. The zero-order valence-corrected chi connectivity index (χ0v) is 13.9. The van der Waals surface area contributed by atoms with Crippen molar-refractivity contribution in [2.75, 3.05) is 12.4 Å². The number of nitrogens with one attached hydrogen (secondary N) is 2. The van der Waals surface area contributed by atoms with E-state index in [0.717, 1.165) is 27.4 Å². The van der Waals surface area contributed by atoms with Gasteiger partial charge in [-0.25, -0.2) is 0 Å². The highest BCUT2D eigenvalue weighted by molar-refractivity contribution is 7.15. The second-order valence-electron chi connectivity index (χ2n) is 5.51. The van der Waals surface area contributed by atoms with Gasteiger partial charge in [-0.1, -0.05) is 48.5 Å². The van der Waals surface area contributed by atoms with Gasteiger partial charge in [0, 0.05) is 16.5 Å². The molecule has 1 atom stereocenters. The minimum atomic E-state index is -0.302. The molecule has 1 amide bonds. The molecule has 4 nitrogen and oxygen atoms in total.